The first-order chi connectivity index (χ1) is 39.6. The van der Waals surface area contributed by atoms with Gasteiger partial charge in [0.1, 0.15) is 28.7 Å². The van der Waals surface area contributed by atoms with Crippen LogP contribution in [0.5, 0.6) is 0 Å². The third-order valence-electron chi connectivity index (χ3n) is 11.1. The van der Waals surface area contributed by atoms with Crippen LogP contribution in [0, 0.1) is 6.57 Å². The normalized spacial score (nSPS) is 13.0. The molecule has 8 rings (SSSR count). The van der Waals surface area contributed by atoms with Gasteiger partial charge in [-0.15, -0.1) is 0 Å². The fraction of sp³-hybridized carbons (Fsp3) is 0.468. The van der Waals surface area contributed by atoms with Crippen LogP contribution in [0.2, 0.25) is 0 Å². The molecule has 0 aliphatic carbocycles. The van der Waals surface area contributed by atoms with E-state index in [2.05, 4.69) is 48.6 Å². The van der Waals surface area contributed by atoms with Crippen molar-refractivity contribution < 1.29 is 101 Å². The molecule has 6 aromatic rings. The molecule has 0 saturated carbocycles. The molecule has 87 heavy (non-hydrogen) atoms. The van der Waals surface area contributed by atoms with E-state index in [0.717, 1.165) is 98.7 Å². The largest absolute Gasteiger partial charge is 1.00 e. The van der Waals surface area contributed by atoms with E-state index < -0.39 is 40.8 Å². The molecule has 5 heterocycles. The molecular formula is C62H85BN8NaO15. The summed E-state index contributed by atoms with van der Waals surface area (Å²) in [6.07, 6.45) is 4.82. The van der Waals surface area contributed by atoms with Gasteiger partial charge in [0, 0.05) is 120 Å². The minimum Gasteiger partial charge on any atom is -0.793 e. The third-order valence-corrected chi connectivity index (χ3v) is 11.1. The molecular weight excluding hydrogens is 1130 g/mol. The van der Waals surface area contributed by atoms with E-state index in [4.69, 9.17) is 25.5 Å². The Morgan fingerprint density at radius 3 is 1.43 bits per heavy atom. The number of aldehydes is 1. The van der Waals surface area contributed by atoms with Crippen LogP contribution in [0.3, 0.4) is 0 Å². The van der Waals surface area contributed by atoms with Gasteiger partial charge < -0.3 is 51.8 Å². The van der Waals surface area contributed by atoms with Gasteiger partial charge in [0.25, 0.3) is 0 Å². The Balaban J connectivity index is 0.000000569. The number of H-pyrrole nitrogens is 1. The van der Waals surface area contributed by atoms with Gasteiger partial charge in [-0.1, -0.05) is 19.6 Å². The topological polar surface area (TPSA) is 253 Å². The zero-order valence-corrected chi connectivity index (χ0v) is 54.5. The molecule has 2 amide bonds. The molecule has 25 heteroatoms. The number of hydrogen-bond donors (Lipinski definition) is 2. The van der Waals surface area contributed by atoms with Gasteiger partial charge in [-0.25, -0.2) is 43.4 Å². The Bertz CT molecular complexity index is 3240. The van der Waals surface area contributed by atoms with Gasteiger partial charge in [0.05, 0.1) is 17.6 Å². The number of rotatable bonds is 3. The number of nitrogens with zero attached hydrogens (tertiary/aromatic N) is 6. The van der Waals surface area contributed by atoms with E-state index in [1.807, 2.05) is 132 Å². The van der Waals surface area contributed by atoms with Gasteiger partial charge in [0.2, 0.25) is 5.97 Å². The zero-order valence-electron chi connectivity index (χ0n) is 52.5. The zero-order chi connectivity index (χ0) is 63.9. The second-order valence-corrected chi connectivity index (χ2v) is 23.2. The number of carbonyl (C=O) groups excluding carboxylic acids is 8. The number of hydrogen-bond acceptors (Lipinski definition) is 17. The predicted molar refractivity (Wildman–Crippen MR) is 329 cm³/mol. The van der Waals surface area contributed by atoms with Gasteiger partial charge >= 0.3 is 65.9 Å². The van der Waals surface area contributed by atoms with Crippen LogP contribution in [0.25, 0.3) is 37.6 Å². The van der Waals surface area contributed by atoms with E-state index in [1.54, 1.807) is 51.0 Å². The minimum absolute atomic E-state index is 0. The van der Waals surface area contributed by atoms with Crippen molar-refractivity contribution in [3.8, 4) is 0 Å². The standard InChI is InChI=1S/C23H33N3O4.C14H15NO3.C9H18N2O2.C9H6N2.C4H6O4.C2H3BO2.CH4.Na/c1-22(2,3)29-20(27)25-13-11-24(12-14-25)16-17-7-8-19-18(15-17)9-10-26(19)21(28)30-23(4,5)6;1-14(2,3)18-13(17)15-7-6-11-8-10(9-16)4-5-12(11)15;1-9(2,3)13-8(12)11-6-4-10-5-7-11;1-10-8-2-3-9-7(6-8)4-5-11-9;1-3(5)7-8-4(2)6;1-2(4)5-3;;/h7-10,15H,11-14,16H2,1-6H3;4-9H,1-3H3;10H,4-7H2,1-3H3;2-6,11H;1-2H3;1H3;1H4;/q;;;;;-1;;+1. The summed E-state index contributed by atoms with van der Waals surface area (Å²) in [4.78, 5) is 108. The SMILES string of the molecule is C.CC(=O)OOC(C)=O.CC(C)(C)OC(=O)N1CCN(Cc2ccc3c(ccn3C(=O)OC(C)(C)C)c2)CC1.CC(C)(C)OC(=O)N1CCNCC1.CC(C)(C)OC(=O)n1ccc2cc(C=O)ccc21.[B-]OC(C)=O.[C-]#[N+]c1ccc2[nH]ccc2c1.[Na+]. The predicted octanol–water partition coefficient (Wildman–Crippen LogP) is 8.56. The molecule has 0 unspecified atom stereocenters. The Labute approximate surface area is 534 Å². The van der Waals surface area contributed by atoms with Crippen molar-refractivity contribution in [2.45, 2.75) is 140 Å². The fourth-order valence-electron chi connectivity index (χ4n) is 7.54. The summed E-state index contributed by atoms with van der Waals surface area (Å²) < 4.78 is 28.1. The number of amides is 2. The quantitative estimate of drug-likeness (QED) is 0.0420. The average molecular weight is 1220 g/mol. The Morgan fingerprint density at radius 2 is 1.00 bits per heavy atom. The Morgan fingerprint density at radius 1 is 0.563 bits per heavy atom. The summed E-state index contributed by atoms with van der Waals surface area (Å²) >= 11 is 0. The molecule has 23 nitrogen and oxygen atoms in total. The molecule has 0 atom stereocenters. The van der Waals surface area contributed by atoms with Crippen molar-refractivity contribution in [2.24, 2.45) is 0 Å². The molecule has 2 saturated heterocycles. The molecule has 0 bridgehead atoms. The van der Waals surface area contributed by atoms with Crippen molar-refractivity contribution in [3.63, 3.8) is 0 Å². The molecule has 467 valence electrons. The number of benzene rings is 3. The number of aromatic amines is 1. The third kappa shape index (κ3) is 29.5. The first-order valence-corrected chi connectivity index (χ1v) is 27.3. The van der Waals surface area contributed by atoms with Crippen LogP contribution in [0.4, 0.5) is 24.9 Å². The number of ether oxygens (including phenoxy) is 4. The molecule has 2 aliphatic rings. The molecule has 0 spiro atoms. The number of aromatic nitrogens is 3. The van der Waals surface area contributed by atoms with Crippen LogP contribution in [-0.2, 0) is 54.3 Å². The van der Waals surface area contributed by atoms with Crippen molar-refractivity contribution in [1.82, 2.24) is 34.1 Å². The molecule has 2 N–H and O–H groups in total. The summed E-state index contributed by atoms with van der Waals surface area (Å²) in [5, 5.41) is 6.12. The van der Waals surface area contributed by atoms with Crippen molar-refractivity contribution >= 4 is 95.0 Å². The summed E-state index contributed by atoms with van der Waals surface area (Å²) in [6, 6.07) is 22.6. The van der Waals surface area contributed by atoms with Crippen LogP contribution in [-0.4, -0.2) is 160 Å². The maximum atomic E-state index is 12.4. The summed E-state index contributed by atoms with van der Waals surface area (Å²) in [7, 11) is 4.32. The van der Waals surface area contributed by atoms with E-state index in [-0.39, 0.29) is 60.9 Å². The maximum Gasteiger partial charge on any atom is 1.00 e. The van der Waals surface area contributed by atoms with Crippen LogP contribution in [0.15, 0.2) is 91.4 Å². The number of carbonyl (C=O) groups is 8. The van der Waals surface area contributed by atoms with Crippen molar-refractivity contribution in [1.29, 1.82) is 0 Å². The molecule has 3 aromatic heterocycles. The van der Waals surface area contributed by atoms with Crippen molar-refractivity contribution in [2.75, 3.05) is 52.4 Å². The second kappa shape index (κ2) is 35.8. The minimum atomic E-state index is -0.639. The van der Waals surface area contributed by atoms with E-state index >= 15 is 0 Å². The first-order valence-electron chi connectivity index (χ1n) is 27.3. The number of nitrogens with one attached hydrogen (secondary N) is 2. The molecule has 3 aromatic carbocycles. The van der Waals surface area contributed by atoms with Gasteiger partial charge in [0.15, 0.2) is 5.69 Å². The Hall–Kier alpha value is -7.69. The first kappa shape index (κ1) is 77.3. The molecule has 2 aliphatic heterocycles. The van der Waals surface area contributed by atoms with E-state index in [9.17, 15) is 38.4 Å². The summed E-state index contributed by atoms with van der Waals surface area (Å²) in [6.45, 7) is 39.6. The molecule has 2 fully saturated rings. The molecule has 3 radical (unpaired) electrons. The monoisotopic (exact) mass is 1220 g/mol. The fourth-order valence-corrected chi connectivity index (χ4v) is 7.54. The van der Waals surface area contributed by atoms with Gasteiger partial charge in [-0.3, -0.25) is 23.6 Å². The van der Waals surface area contributed by atoms with Gasteiger partial charge in [-0.05, 0) is 155 Å². The summed E-state index contributed by atoms with van der Waals surface area (Å²) in [5.74, 6) is -1.74. The Kier molecular flexibility index (Phi) is 31.8. The van der Waals surface area contributed by atoms with Crippen LogP contribution < -0.4 is 34.9 Å². The second-order valence-electron chi connectivity index (χ2n) is 23.2. The summed E-state index contributed by atoms with van der Waals surface area (Å²) in [5.41, 5.74) is 3.18. The number of fused-ring (bicyclic) bond motifs is 3. The maximum absolute atomic E-state index is 12.4. The smallest absolute Gasteiger partial charge is 0.793 e. The van der Waals surface area contributed by atoms with Gasteiger partial charge in [-0.2, -0.15) is 0 Å². The van der Waals surface area contributed by atoms with Crippen LogP contribution >= 0.6 is 0 Å². The number of piperazine rings is 2. The van der Waals surface area contributed by atoms with E-state index in [1.165, 1.54) is 17.1 Å². The van der Waals surface area contributed by atoms with Crippen LogP contribution in [0.1, 0.15) is 127 Å². The van der Waals surface area contributed by atoms with Crippen molar-refractivity contribution in [3.05, 3.63) is 114 Å². The van der Waals surface area contributed by atoms with E-state index in [0.29, 0.717) is 24.3 Å². The average Bonchev–Trinajstić information content (AvgIpc) is 2.11.